The van der Waals surface area contributed by atoms with Crippen LogP contribution in [0.25, 0.3) is 0 Å². The molecule has 0 saturated heterocycles. The molecular weight excluding hydrogens is 164 g/mol. The number of aliphatic hydroxyl groups excluding tert-OH is 2. The van der Waals surface area contributed by atoms with E-state index in [1.165, 1.54) is 0 Å². The Kier molecular flexibility index (Phi) is 4.04. The van der Waals surface area contributed by atoms with Gasteiger partial charge in [-0.3, -0.25) is 0 Å². The molecule has 68 valence electrons. The van der Waals surface area contributed by atoms with Crippen molar-refractivity contribution in [2.45, 2.75) is 13.0 Å². The highest BCUT2D eigenvalue weighted by Crippen LogP contribution is 2.06. The fraction of sp³-hybridized carbons (Fsp3) is 0.273. The van der Waals surface area contributed by atoms with Gasteiger partial charge in [-0.15, -0.1) is 0 Å². The standard InChI is InChI=1S/C11H12O2/c12-8-4-3-6-10-5-1-2-7-11(10)9-13/h1-2,5,7,12-13H,4,8-9H2. The fourth-order valence-electron chi connectivity index (χ4n) is 0.994. The summed E-state index contributed by atoms with van der Waals surface area (Å²) in [6.45, 7) is 0.0816. The second-order valence-electron chi connectivity index (χ2n) is 2.59. The summed E-state index contributed by atoms with van der Waals surface area (Å²) in [4.78, 5) is 0. The van der Waals surface area contributed by atoms with Crippen LogP contribution in [0.15, 0.2) is 24.3 Å². The number of hydrogen-bond donors (Lipinski definition) is 2. The average molecular weight is 176 g/mol. The lowest BCUT2D eigenvalue weighted by Crippen LogP contribution is -1.88. The summed E-state index contributed by atoms with van der Waals surface area (Å²) in [7, 11) is 0. The zero-order chi connectivity index (χ0) is 9.52. The molecule has 0 aliphatic heterocycles. The van der Waals surface area contributed by atoms with E-state index < -0.39 is 0 Å². The molecule has 0 aromatic heterocycles. The lowest BCUT2D eigenvalue weighted by atomic mass is 10.1. The molecule has 0 aliphatic rings. The number of benzene rings is 1. The summed E-state index contributed by atoms with van der Waals surface area (Å²) in [5.41, 5.74) is 1.66. The maximum atomic E-state index is 8.96. The highest BCUT2D eigenvalue weighted by atomic mass is 16.3. The van der Waals surface area contributed by atoms with Crippen LogP contribution in [0, 0.1) is 11.8 Å². The molecule has 1 rings (SSSR count). The van der Waals surface area contributed by atoms with Crippen LogP contribution in [0.1, 0.15) is 17.5 Å². The topological polar surface area (TPSA) is 40.5 Å². The van der Waals surface area contributed by atoms with Gasteiger partial charge in [0.25, 0.3) is 0 Å². The molecule has 0 amide bonds. The van der Waals surface area contributed by atoms with Gasteiger partial charge < -0.3 is 10.2 Å². The summed E-state index contributed by atoms with van der Waals surface area (Å²) in [6, 6.07) is 7.43. The minimum absolute atomic E-state index is 0.00395. The van der Waals surface area contributed by atoms with Crippen LogP contribution in [0.3, 0.4) is 0 Å². The molecular formula is C11H12O2. The Hall–Kier alpha value is -1.30. The van der Waals surface area contributed by atoms with Gasteiger partial charge in [0.2, 0.25) is 0 Å². The zero-order valence-electron chi connectivity index (χ0n) is 7.33. The first kappa shape index (κ1) is 9.79. The predicted octanol–water partition coefficient (Wildman–Crippen LogP) is 0.913. The first-order valence-corrected chi connectivity index (χ1v) is 4.17. The third kappa shape index (κ3) is 2.90. The zero-order valence-corrected chi connectivity index (χ0v) is 7.33. The summed E-state index contributed by atoms with van der Waals surface area (Å²) in [5, 5.41) is 17.5. The van der Waals surface area contributed by atoms with Crippen LogP contribution in [-0.2, 0) is 6.61 Å². The maximum Gasteiger partial charge on any atom is 0.0694 e. The lowest BCUT2D eigenvalue weighted by Gasteiger charge is -1.98. The molecule has 13 heavy (non-hydrogen) atoms. The first-order valence-electron chi connectivity index (χ1n) is 4.17. The highest BCUT2D eigenvalue weighted by molar-refractivity contribution is 5.40. The van der Waals surface area contributed by atoms with E-state index in [9.17, 15) is 0 Å². The summed E-state index contributed by atoms with van der Waals surface area (Å²) in [6.07, 6.45) is 0.472. The van der Waals surface area contributed by atoms with Gasteiger partial charge in [-0.05, 0) is 11.6 Å². The first-order chi connectivity index (χ1) is 6.38. The van der Waals surface area contributed by atoms with Gasteiger partial charge in [0.1, 0.15) is 0 Å². The lowest BCUT2D eigenvalue weighted by molar-refractivity contribution is 0.281. The van der Waals surface area contributed by atoms with Crippen LogP contribution >= 0.6 is 0 Å². The van der Waals surface area contributed by atoms with E-state index in [-0.39, 0.29) is 13.2 Å². The van der Waals surface area contributed by atoms with Gasteiger partial charge in [0, 0.05) is 12.0 Å². The van der Waals surface area contributed by atoms with Crippen molar-refractivity contribution < 1.29 is 10.2 Å². The van der Waals surface area contributed by atoms with Gasteiger partial charge in [-0.2, -0.15) is 0 Å². The van der Waals surface area contributed by atoms with E-state index >= 15 is 0 Å². The second-order valence-corrected chi connectivity index (χ2v) is 2.59. The molecule has 0 heterocycles. The summed E-state index contributed by atoms with van der Waals surface area (Å²) in [5.74, 6) is 5.71. The minimum atomic E-state index is 0.00395. The van der Waals surface area contributed by atoms with Gasteiger partial charge >= 0.3 is 0 Å². The Morgan fingerprint density at radius 3 is 2.62 bits per heavy atom. The van der Waals surface area contributed by atoms with E-state index in [0.717, 1.165) is 11.1 Å². The molecule has 2 nitrogen and oxygen atoms in total. The molecule has 1 aromatic rings. The normalized spacial score (nSPS) is 9.08. The molecule has 0 spiro atoms. The van der Waals surface area contributed by atoms with Gasteiger partial charge in [-0.25, -0.2) is 0 Å². The third-order valence-corrected chi connectivity index (χ3v) is 1.65. The van der Waals surface area contributed by atoms with E-state index in [2.05, 4.69) is 11.8 Å². The van der Waals surface area contributed by atoms with Crippen LogP contribution < -0.4 is 0 Å². The molecule has 0 unspecified atom stereocenters. The molecule has 2 N–H and O–H groups in total. The smallest absolute Gasteiger partial charge is 0.0694 e. The number of aliphatic hydroxyl groups is 2. The van der Waals surface area contributed by atoms with Crippen molar-refractivity contribution in [3.05, 3.63) is 35.4 Å². The predicted molar refractivity (Wildman–Crippen MR) is 50.9 cm³/mol. The number of hydrogen-bond acceptors (Lipinski definition) is 2. The molecule has 0 atom stereocenters. The fourth-order valence-corrected chi connectivity index (χ4v) is 0.994. The largest absolute Gasteiger partial charge is 0.395 e. The quantitative estimate of drug-likeness (QED) is 0.658. The Morgan fingerprint density at radius 2 is 1.92 bits per heavy atom. The van der Waals surface area contributed by atoms with Crippen molar-refractivity contribution in [1.29, 1.82) is 0 Å². The Balaban J connectivity index is 2.82. The van der Waals surface area contributed by atoms with Crippen LogP contribution in [-0.4, -0.2) is 16.8 Å². The van der Waals surface area contributed by atoms with Crippen LogP contribution in [0.5, 0.6) is 0 Å². The van der Waals surface area contributed by atoms with Crippen LogP contribution in [0.4, 0.5) is 0 Å². The molecule has 0 bridgehead atoms. The van der Waals surface area contributed by atoms with Gasteiger partial charge in [-0.1, -0.05) is 30.0 Å². The van der Waals surface area contributed by atoms with Crippen molar-refractivity contribution in [3.63, 3.8) is 0 Å². The van der Waals surface area contributed by atoms with Gasteiger partial charge in [0.05, 0.1) is 13.2 Å². The molecule has 0 radical (unpaired) electrons. The van der Waals surface area contributed by atoms with Crippen molar-refractivity contribution in [2.75, 3.05) is 6.61 Å². The van der Waals surface area contributed by atoms with E-state index in [0.29, 0.717) is 6.42 Å². The van der Waals surface area contributed by atoms with Crippen LogP contribution in [0.2, 0.25) is 0 Å². The van der Waals surface area contributed by atoms with E-state index in [4.69, 9.17) is 10.2 Å². The summed E-state index contributed by atoms with van der Waals surface area (Å²) < 4.78 is 0. The highest BCUT2D eigenvalue weighted by Gasteiger charge is 1.94. The van der Waals surface area contributed by atoms with Crippen molar-refractivity contribution in [2.24, 2.45) is 0 Å². The minimum Gasteiger partial charge on any atom is -0.395 e. The van der Waals surface area contributed by atoms with E-state index in [1.807, 2.05) is 24.3 Å². The monoisotopic (exact) mass is 176 g/mol. The molecule has 0 fully saturated rings. The number of rotatable bonds is 2. The Morgan fingerprint density at radius 1 is 1.15 bits per heavy atom. The SMILES string of the molecule is OCCC#Cc1ccccc1CO. The Labute approximate surface area is 77.8 Å². The summed E-state index contributed by atoms with van der Waals surface area (Å²) >= 11 is 0. The van der Waals surface area contributed by atoms with Gasteiger partial charge in [0.15, 0.2) is 0 Å². The van der Waals surface area contributed by atoms with Crippen molar-refractivity contribution in [3.8, 4) is 11.8 Å². The third-order valence-electron chi connectivity index (χ3n) is 1.65. The molecule has 2 heteroatoms. The Bertz CT molecular complexity index is 320. The molecule has 1 aromatic carbocycles. The van der Waals surface area contributed by atoms with E-state index in [1.54, 1.807) is 0 Å². The average Bonchev–Trinajstić information content (AvgIpc) is 2.19. The maximum absolute atomic E-state index is 8.96. The molecule has 0 saturated carbocycles. The molecule has 0 aliphatic carbocycles. The van der Waals surface area contributed by atoms with Crippen molar-refractivity contribution >= 4 is 0 Å². The van der Waals surface area contributed by atoms with Crippen molar-refractivity contribution in [1.82, 2.24) is 0 Å². The second kappa shape index (κ2) is 5.36.